The number of amides is 2. The van der Waals surface area contributed by atoms with Crippen LogP contribution in [0.3, 0.4) is 0 Å². The number of likely N-dealkylation sites (tertiary alicyclic amines) is 1. The Kier molecular flexibility index (Phi) is 6.86. The molecule has 2 saturated heterocycles. The van der Waals surface area contributed by atoms with Crippen LogP contribution in [0, 0.1) is 6.92 Å². The molecule has 172 valence electrons. The molecular formula is C25H33N3O4. The molecule has 2 fully saturated rings. The van der Waals surface area contributed by atoms with Gasteiger partial charge in [0.25, 0.3) is 0 Å². The lowest BCUT2D eigenvalue weighted by atomic mass is 9.91. The smallest absolute Gasteiger partial charge is 0.317 e. The Morgan fingerprint density at radius 3 is 2.66 bits per heavy atom. The van der Waals surface area contributed by atoms with Crippen LogP contribution in [-0.4, -0.2) is 72.0 Å². The van der Waals surface area contributed by atoms with E-state index in [1.54, 1.807) is 4.90 Å². The summed E-state index contributed by atoms with van der Waals surface area (Å²) in [6.45, 7) is 8.58. The highest BCUT2D eigenvalue weighted by molar-refractivity contribution is 5.76. The summed E-state index contributed by atoms with van der Waals surface area (Å²) in [5.74, 6) is 1.61. The van der Waals surface area contributed by atoms with Crippen molar-refractivity contribution in [3.05, 3.63) is 59.7 Å². The number of aryl methyl sites for hydroxylation is 1. The molecule has 0 saturated carbocycles. The first-order valence-corrected chi connectivity index (χ1v) is 11.3. The fourth-order valence-corrected chi connectivity index (χ4v) is 4.37. The summed E-state index contributed by atoms with van der Waals surface area (Å²) in [5, 5.41) is 13.8. The summed E-state index contributed by atoms with van der Waals surface area (Å²) in [4.78, 5) is 15.6. The number of hydrogen-bond donors (Lipinski definition) is 2. The van der Waals surface area contributed by atoms with Gasteiger partial charge in [-0.05, 0) is 55.7 Å². The number of carbonyl (C=O) groups excluding carboxylic acids is 1. The van der Waals surface area contributed by atoms with Crippen LogP contribution >= 0.6 is 0 Å². The number of carbonyl (C=O) groups is 1. The van der Waals surface area contributed by atoms with Crippen molar-refractivity contribution >= 4 is 6.03 Å². The number of nitrogens with one attached hydrogen (secondary N) is 1. The second-order valence-electron chi connectivity index (χ2n) is 8.99. The summed E-state index contributed by atoms with van der Waals surface area (Å²) >= 11 is 0. The van der Waals surface area contributed by atoms with Gasteiger partial charge in [-0.3, -0.25) is 4.90 Å². The summed E-state index contributed by atoms with van der Waals surface area (Å²) in [6.07, 6.45) is 0.542. The third-order valence-electron chi connectivity index (χ3n) is 6.12. The summed E-state index contributed by atoms with van der Waals surface area (Å²) < 4.78 is 11.9. The van der Waals surface area contributed by atoms with Crippen molar-refractivity contribution in [2.75, 3.05) is 39.3 Å². The van der Waals surface area contributed by atoms with Gasteiger partial charge in [0.15, 0.2) is 0 Å². The van der Waals surface area contributed by atoms with Crippen LogP contribution in [0.25, 0.3) is 0 Å². The predicted molar refractivity (Wildman–Crippen MR) is 123 cm³/mol. The Labute approximate surface area is 189 Å². The molecule has 0 bridgehead atoms. The molecule has 2 atom stereocenters. The molecule has 0 spiro atoms. The molecule has 2 aliphatic rings. The predicted octanol–water partition coefficient (Wildman–Crippen LogP) is 2.80. The molecule has 2 N–H and O–H groups in total. The first kappa shape index (κ1) is 22.4. The zero-order valence-corrected chi connectivity index (χ0v) is 18.9. The van der Waals surface area contributed by atoms with Crippen LogP contribution in [0.5, 0.6) is 11.5 Å². The van der Waals surface area contributed by atoms with Crippen molar-refractivity contribution in [2.24, 2.45) is 0 Å². The number of aliphatic hydroxyl groups is 1. The van der Waals surface area contributed by atoms with Gasteiger partial charge in [-0.2, -0.15) is 0 Å². The van der Waals surface area contributed by atoms with Crippen LogP contribution in [0.15, 0.2) is 48.5 Å². The van der Waals surface area contributed by atoms with E-state index in [1.807, 2.05) is 50.2 Å². The van der Waals surface area contributed by atoms with Gasteiger partial charge in [-0.15, -0.1) is 0 Å². The molecule has 0 aliphatic carbocycles. The minimum Gasteiger partial charge on any atom is -0.492 e. The highest BCUT2D eigenvalue weighted by Gasteiger charge is 2.39. The SMILES string of the molecule is Cc1cccc(O[C@H]2CCN(Cc3ccc(OCCN4CCNC4=O)cc3)C[C@]2(C)O)c1. The number of benzene rings is 2. The topological polar surface area (TPSA) is 74.3 Å². The number of ether oxygens (including phenoxy) is 2. The van der Waals surface area contributed by atoms with E-state index in [1.165, 1.54) is 5.56 Å². The standard InChI is InChI=1S/C25H33N3O4/c1-19-4-3-5-22(16-19)32-23-10-12-27(18-25(23,2)30)17-20-6-8-21(9-7-20)31-15-14-28-13-11-26-24(28)29/h3-9,16,23,30H,10-15,17-18H2,1-2H3,(H,26,29)/t23-,25-/m0/s1. The molecule has 4 rings (SSSR count). The second-order valence-corrected chi connectivity index (χ2v) is 8.99. The average molecular weight is 440 g/mol. The highest BCUT2D eigenvalue weighted by atomic mass is 16.5. The molecule has 7 nitrogen and oxygen atoms in total. The number of nitrogens with zero attached hydrogens (tertiary/aromatic N) is 2. The van der Waals surface area contributed by atoms with Crippen molar-refractivity contribution < 1.29 is 19.4 Å². The minimum absolute atomic E-state index is 0.0205. The lowest BCUT2D eigenvalue weighted by Gasteiger charge is -2.42. The van der Waals surface area contributed by atoms with Crippen molar-refractivity contribution in [2.45, 2.75) is 38.5 Å². The fraction of sp³-hybridized carbons (Fsp3) is 0.480. The van der Waals surface area contributed by atoms with Crippen molar-refractivity contribution in [1.82, 2.24) is 15.1 Å². The van der Waals surface area contributed by atoms with E-state index in [0.29, 0.717) is 26.2 Å². The summed E-state index contributed by atoms with van der Waals surface area (Å²) in [6, 6.07) is 16.0. The molecular weight excluding hydrogens is 406 g/mol. The monoisotopic (exact) mass is 439 g/mol. The van der Waals surface area contributed by atoms with Gasteiger partial charge in [-0.1, -0.05) is 24.3 Å². The minimum atomic E-state index is -0.924. The van der Waals surface area contributed by atoms with Gasteiger partial charge in [-0.25, -0.2) is 4.79 Å². The fourth-order valence-electron chi connectivity index (χ4n) is 4.37. The van der Waals surface area contributed by atoms with E-state index in [9.17, 15) is 9.90 Å². The Morgan fingerprint density at radius 2 is 1.97 bits per heavy atom. The Morgan fingerprint density at radius 1 is 1.16 bits per heavy atom. The second kappa shape index (κ2) is 9.79. The van der Waals surface area contributed by atoms with E-state index < -0.39 is 5.60 Å². The Hall–Kier alpha value is -2.77. The number of piperidine rings is 1. The van der Waals surface area contributed by atoms with Gasteiger partial charge in [0, 0.05) is 32.7 Å². The van der Waals surface area contributed by atoms with Gasteiger partial charge < -0.3 is 24.8 Å². The number of urea groups is 1. The van der Waals surface area contributed by atoms with E-state index in [-0.39, 0.29) is 12.1 Å². The molecule has 2 heterocycles. The quantitative estimate of drug-likeness (QED) is 0.662. The van der Waals surface area contributed by atoms with E-state index >= 15 is 0 Å². The van der Waals surface area contributed by atoms with Crippen LogP contribution < -0.4 is 14.8 Å². The van der Waals surface area contributed by atoms with E-state index in [0.717, 1.165) is 43.1 Å². The largest absolute Gasteiger partial charge is 0.492 e. The molecule has 0 aromatic heterocycles. The summed E-state index contributed by atoms with van der Waals surface area (Å²) in [7, 11) is 0. The van der Waals surface area contributed by atoms with Crippen LogP contribution in [-0.2, 0) is 6.54 Å². The molecule has 2 aromatic carbocycles. The average Bonchev–Trinajstić information content (AvgIpc) is 3.16. The van der Waals surface area contributed by atoms with Crippen LogP contribution in [0.2, 0.25) is 0 Å². The lowest BCUT2D eigenvalue weighted by Crippen LogP contribution is -2.56. The molecule has 2 aromatic rings. The third-order valence-corrected chi connectivity index (χ3v) is 6.12. The summed E-state index contributed by atoms with van der Waals surface area (Å²) in [5.41, 5.74) is 1.39. The molecule has 0 unspecified atom stereocenters. The maximum atomic E-state index is 11.6. The van der Waals surface area contributed by atoms with Crippen LogP contribution in [0.4, 0.5) is 4.79 Å². The molecule has 2 amide bonds. The maximum absolute atomic E-state index is 11.6. The maximum Gasteiger partial charge on any atom is 0.317 e. The Bertz CT molecular complexity index is 916. The zero-order chi connectivity index (χ0) is 22.6. The van der Waals surface area contributed by atoms with Crippen molar-refractivity contribution in [3.63, 3.8) is 0 Å². The lowest BCUT2D eigenvalue weighted by molar-refractivity contribution is -0.0993. The van der Waals surface area contributed by atoms with Crippen molar-refractivity contribution in [3.8, 4) is 11.5 Å². The zero-order valence-electron chi connectivity index (χ0n) is 18.9. The first-order chi connectivity index (χ1) is 15.4. The molecule has 0 radical (unpaired) electrons. The van der Waals surface area contributed by atoms with Crippen LogP contribution in [0.1, 0.15) is 24.5 Å². The molecule has 7 heteroatoms. The third kappa shape index (κ3) is 5.72. The van der Waals surface area contributed by atoms with E-state index in [2.05, 4.69) is 22.3 Å². The Balaban J connectivity index is 1.25. The van der Waals surface area contributed by atoms with Gasteiger partial charge in [0.1, 0.15) is 29.8 Å². The normalized spacial score (nSPS) is 23.8. The molecule has 2 aliphatic heterocycles. The first-order valence-electron chi connectivity index (χ1n) is 11.3. The number of β-amino-alcohol motifs (C(OH)–C–C–N with tert-alkyl or cyclic N) is 1. The van der Waals surface area contributed by atoms with Gasteiger partial charge in [0.05, 0.1) is 6.54 Å². The van der Waals surface area contributed by atoms with Gasteiger partial charge in [0.2, 0.25) is 0 Å². The van der Waals surface area contributed by atoms with Gasteiger partial charge >= 0.3 is 6.03 Å². The highest BCUT2D eigenvalue weighted by Crippen LogP contribution is 2.28. The number of hydrogen-bond acceptors (Lipinski definition) is 5. The number of rotatable bonds is 8. The van der Waals surface area contributed by atoms with E-state index in [4.69, 9.17) is 9.47 Å². The molecule has 32 heavy (non-hydrogen) atoms. The van der Waals surface area contributed by atoms with Crippen molar-refractivity contribution in [1.29, 1.82) is 0 Å².